The number of aliphatic carboxylic acids is 1. The smallest absolute Gasteiger partial charge is 0.305 e. The molecule has 5 nitrogen and oxygen atoms in total. The lowest BCUT2D eigenvalue weighted by molar-refractivity contribution is -0.137. The van der Waals surface area contributed by atoms with Crippen LogP contribution in [0, 0.1) is 13.8 Å². The average molecular weight is 363 g/mol. The molecule has 2 heterocycles. The van der Waals surface area contributed by atoms with E-state index in [4.69, 9.17) is 16.7 Å². The molecule has 0 atom stereocenters. The van der Waals surface area contributed by atoms with E-state index in [0.29, 0.717) is 21.1 Å². The molecular weight excluding hydrogens is 348 g/mol. The van der Waals surface area contributed by atoms with Gasteiger partial charge in [-0.3, -0.25) is 14.2 Å². The molecule has 24 heavy (non-hydrogen) atoms. The monoisotopic (exact) mass is 362 g/mol. The molecule has 0 spiro atoms. The molecule has 7 heteroatoms. The van der Waals surface area contributed by atoms with Crippen molar-refractivity contribution < 1.29 is 9.90 Å². The first-order chi connectivity index (χ1) is 11.4. The number of hydrogen-bond acceptors (Lipinski definition) is 4. The van der Waals surface area contributed by atoms with E-state index in [1.165, 1.54) is 15.9 Å². The zero-order valence-electron chi connectivity index (χ0n) is 13.2. The van der Waals surface area contributed by atoms with E-state index in [-0.39, 0.29) is 18.5 Å². The van der Waals surface area contributed by atoms with Crippen LogP contribution in [0.1, 0.15) is 16.9 Å². The fourth-order valence-corrected chi connectivity index (χ4v) is 3.71. The van der Waals surface area contributed by atoms with Crippen molar-refractivity contribution in [2.45, 2.75) is 26.8 Å². The lowest BCUT2D eigenvalue weighted by atomic mass is 10.1. The van der Waals surface area contributed by atoms with Crippen LogP contribution < -0.4 is 5.56 Å². The maximum absolute atomic E-state index is 12.9. The summed E-state index contributed by atoms with van der Waals surface area (Å²) in [4.78, 5) is 30.3. The van der Waals surface area contributed by atoms with Gasteiger partial charge in [0, 0.05) is 22.0 Å². The fourth-order valence-electron chi connectivity index (χ4n) is 2.56. The number of carboxylic acids is 1. The zero-order chi connectivity index (χ0) is 17.4. The average Bonchev–Trinajstić information content (AvgIpc) is 2.81. The van der Waals surface area contributed by atoms with Crippen molar-refractivity contribution in [3.05, 3.63) is 50.1 Å². The van der Waals surface area contributed by atoms with Crippen LogP contribution in [0.2, 0.25) is 5.02 Å². The first-order valence-corrected chi connectivity index (χ1v) is 8.56. The van der Waals surface area contributed by atoms with Gasteiger partial charge in [-0.2, -0.15) is 0 Å². The summed E-state index contributed by atoms with van der Waals surface area (Å²) < 4.78 is 1.44. The highest BCUT2D eigenvalue weighted by Gasteiger charge is 2.18. The molecule has 1 N–H and O–H groups in total. The number of carboxylic acid groups (broad SMARTS) is 1. The minimum Gasteiger partial charge on any atom is -0.481 e. The molecule has 0 saturated heterocycles. The summed E-state index contributed by atoms with van der Waals surface area (Å²) in [6.45, 7) is 3.91. The van der Waals surface area contributed by atoms with E-state index in [9.17, 15) is 9.59 Å². The lowest BCUT2D eigenvalue weighted by Gasteiger charge is -2.12. The molecule has 0 fully saturated rings. The highest BCUT2D eigenvalue weighted by Crippen LogP contribution is 2.29. The van der Waals surface area contributed by atoms with E-state index >= 15 is 0 Å². The Labute approximate surface area is 147 Å². The lowest BCUT2D eigenvalue weighted by Crippen LogP contribution is -2.24. The van der Waals surface area contributed by atoms with Crippen LogP contribution in [-0.2, 0) is 11.3 Å². The van der Waals surface area contributed by atoms with Gasteiger partial charge in [-0.25, -0.2) is 4.98 Å². The van der Waals surface area contributed by atoms with Gasteiger partial charge in [0.15, 0.2) is 0 Å². The Morgan fingerprint density at radius 1 is 1.29 bits per heavy atom. The number of aryl methyl sites for hydroxylation is 2. The van der Waals surface area contributed by atoms with Gasteiger partial charge in [0.1, 0.15) is 10.7 Å². The van der Waals surface area contributed by atoms with Crippen LogP contribution in [0.25, 0.3) is 21.6 Å². The summed E-state index contributed by atoms with van der Waals surface area (Å²) in [5.74, 6) is -0.492. The molecule has 0 aliphatic heterocycles. The van der Waals surface area contributed by atoms with E-state index < -0.39 is 5.97 Å². The van der Waals surface area contributed by atoms with Crippen molar-refractivity contribution in [1.82, 2.24) is 9.55 Å². The summed E-state index contributed by atoms with van der Waals surface area (Å²) in [5, 5.41) is 10.1. The summed E-state index contributed by atoms with van der Waals surface area (Å²) in [7, 11) is 0. The molecule has 3 aromatic rings. The molecule has 2 aromatic heterocycles. The normalized spacial score (nSPS) is 11.1. The minimum absolute atomic E-state index is 0.0728. The highest BCUT2D eigenvalue weighted by molar-refractivity contribution is 7.18. The molecule has 0 unspecified atom stereocenters. The number of benzene rings is 1. The van der Waals surface area contributed by atoms with E-state index in [2.05, 4.69) is 4.98 Å². The van der Waals surface area contributed by atoms with Crippen LogP contribution in [0.4, 0.5) is 0 Å². The van der Waals surface area contributed by atoms with Gasteiger partial charge in [0.2, 0.25) is 0 Å². The number of aromatic nitrogens is 2. The number of hydrogen-bond donors (Lipinski definition) is 1. The number of fused-ring (bicyclic) bond motifs is 1. The Hall–Kier alpha value is -2.18. The molecule has 0 bridgehead atoms. The summed E-state index contributed by atoms with van der Waals surface area (Å²) in [6, 6.07) is 7.00. The predicted molar refractivity (Wildman–Crippen MR) is 96.1 cm³/mol. The number of rotatable bonds is 4. The van der Waals surface area contributed by atoms with Gasteiger partial charge < -0.3 is 5.11 Å². The van der Waals surface area contributed by atoms with Crippen molar-refractivity contribution in [2.75, 3.05) is 0 Å². The van der Waals surface area contributed by atoms with Gasteiger partial charge in [0.05, 0.1) is 11.8 Å². The molecule has 0 amide bonds. The van der Waals surface area contributed by atoms with E-state index in [0.717, 1.165) is 16.0 Å². The first-order valence-electron chi connectivity index (χ1n) is 7.36. The first kappa shape index (κ1) is 16.7. The molecule has 0 aliphatic carbocycles. The highest BCUT2D eigenvalue weighted by atomic mass is 35.5. The second-order valence-electron chi connectivity index (χ2n) is 5.51. The maximum atomic E-state index is 12.9. The zero-order valence-corrected chi connectivity index (χ0v) is 14.7. The van der Waals surface area contributed by atoms with Crippen LogP contribution >= 0.6 is 22.9 Å². The van der Waals surface area contributed by atoms with Crippen LogP contribution in [-0.4, -0.2) is 20.6 Å². The van der Waals surface area contributed by atoms with Gasteiger partial charge in [-0.15, -0.1) is 11.3 Å². The summed E-state index contributed by atoms with van der Waals surface area (Å²) >= 11 is 7.40. The Morgan fingerprint density at radius 3 is 2.58 bits per heavy atom. The summed E-state index contributed by atoms with van der Waals surface area (Å²) in [5.41, 5.74) is 1.43. The molecule has 0 saturated carbocycles. The van der Waals surface area contributed by atoms with Gasteiger partial charge in [-0.1, -0.05) is 11.6 Å². The van der Waals surface area contributed by atoms with Gasteiger partial charge in [-0.05, 0) is 43.7 Å². The van der Waals surface area contributed by atoms with Crippen LogP contribution in [0.3, 0.4) is 0 Å². The van der Waals surface area contributed by atoms with E-state index in [1.807, 2.05) is 13.8 Å². The van der Waals surface area contributed by atoms with Crippen molar-refractivity contribution >= 4 is 39.1 Å². The van der Waals surface area contributed by atoms with Crippen LogP contribution in [0.5, 0.6) is 0 Å². The number of nitrogens with zero attached hydrogens (tertiary/aromatic N) is 2. The molecule has 1 aromatic carbocycles. The van der Waals surface area contributed by atoms with Gasteiger partial charge in [0.25, 0.3) is 5.56 Å². The second-order valence-corrected chi connectivity index (χ2v) is 7.15. The third-order valence-electron chi connectivity index (χ3n) is 3.94. The predicted octanol–water partition coefficient (Wildman–Crippen LogP) is 3.87. The molecule has 124 valence electrons. The Balaban J connectivity index is 2.29. The number of thiophene rings is 1. The Bertz CT molecular complexity index is 990. The quantitative estimate of drug-likeness (QED) is 0.764. The van der Waals surface area contributed by atoms with Crippen molar-refractivity contribution in [3.8, 4) is 11.4 Å². The molecule has 0 radical (unpaired) electrons. The number of halogens is 1. The van der Waals surface area contributed by atoms with Gasteiger partial charge >= 0.3 is 5.97 Å². The third kappa shape index (κ3) is 2.95. The standard InChI is InChI=1S/C17H15ClN2O3S/c1-9-10(2)24-16-14(9)17(23)20(8-7-13(21)22)15(19-16)11-3-5-12(18)6-4-11/h3-6H,7-8H2,1-2H3,(H,21,22). The van der Waals surface area contributed by atoms with E-state index in [1.54, 1.807) is 24.3 Å². The SMILES string of the molecule is Cc1sc2nc(-c3ccc(Cl)cc3)n(CCC(=O)O)c(=O)c2c1C. The summed E-state index contributed by atoms with van der Waals surface area (Å²) in [6.07, 6.45) is -0.143. The topological polar surface area (TPSA) is 72.2 Å². The Morgan fingerprint density at radius 2 is 1.96 bits per heavy atom. The van der Waals surface area contributed by atoms with Crippen molar-refractivity contribution in [3.63, 3.8) is 0 Å². The second kappa shape index (κ2) is 6.37. The molecular formula is C17H15ClN2O3S. The maximum Gasteiger partial charge on any atom is 0.305 e. The number of carbonyl (C=O) groups is 1. The largest absolute Gasteiger partial charge is 0.481 e. The van der Waals surface area contributed by atoms with Crippen molar-refractivity contribution in [1.29, 1.82) is 0 Å². The van der Waals surface area contributed by atoms with Crippen molar-refractivity contribution in [2.24, 2.45) is 0 Å². The minimum atomic E-state index is -0.956. The third-order valence-corrected chi connectivity index (χ3v) is 5.29. The molecule has 3 rings (SSSR count). The molecule has 0 aliphatic rings. The Kier molecular flexibility index (Phi) is 4.43. The van der Waals surface area contributed by atoms with Crippen LogP contribution in [0.15, 0.2) is 29.1 Å². The fraction of sp³-hybridized carbons (Fsp3) is 0.235.